The van der Waals surface area contributed by atoms with Gasteiger partial charge in [-0.05, 0) is 92.7 Å². The number of pyridine rings is 1. The summed E-state index contributed by atoms with van der Waals surface area (Å²) in [5.74, 6) is 1.91. The van der Waals surface area contributed by atoms with Crippen LogP contribution < -0.4 is 4.74 Å². The van der Waals surface area contributed by atoms with Crippen LogP contribution in [0.2, 0.25) is 5.02 Å². The van der Waals surface area contributed by atoms with Gasteiger partial charge in [0.15, 0.2) is 0 Å². The SMILES string of the molecule is OC1(c2ccc(Cl)cc2)CCN(CCC=C2C=C3C(=CC=CC3CN3CCCCC3)Oc3ncccc32)CC1. The van der Waals surface area contributed by atoms with Crippen molar-refractivity contribution in [3.05, 3.63) is 100 Å². The molecule has 0 radical (unpaired) electrons. The summed E-state index contributed by atoms with van der Waals surface area (Å²) in [6.07, 6.45) is 19.4. The van der Waals surface area contributed by atoms with Crippen molar-refractivity contribution in [2.45, 2.75) is 44.1 Å². The van der Waals surface area contributed by atoms with Crippen molar-refractivity contribution in [1.29, 1.82) is 0 Å². The van der Waals surface area contributed by atoms with Crippen molar-refractivity contribution in [2.75, 3.05) is 39.3 Å². The lowest BCUT2D eigenvalue weighted by Crippen LogP contribution is -2.42. The van der Waals surface area contributed by atoms with Gasteiger partial charge >= 0.3 is 0 Å². The minimum Gasteiger partial charge on any atom is -0.438 e. The zero-order valence-corrected chi connectivity index (χ0v) is 23.3. The number of rotatable bonds is 6. The normalized spacial score (nSPS) is 24.3. The minimum absolute atomic E-state index is 0.313. The third-order valence-corrected chi connectivity index (χ3v) is 8.90. The van der Waals surface area contributed by atoms with Crippen molar-refractivity contribution in [2.24, 2.45) is 5.92 Å². The maximum absolute atomic E-state index is 11.2. The van der Waals surface area contributed by atoms with Gasteiger partial charge in [0.1, 0.15) is 5.76 Å². The minimum atomic E-state index is -0.770. The highest BCUT2D eigenvalue weighted by Gasteiger charge is 2.34. The summed E-state index contributed by atoms with van der Waals surface area (Å²) < 4.78 is 6.40. The molecule has 1 unspecified atom stereocenters. The summed E-state index contributed by atoms with van der Waals surface area (Å²) in [4.78, 5) is 9.65. The lowest BCUT2D eigenvalue weighted by molar-refractivity contribution is -0.0254. The molecule has 2 aromatic rings. The van der Waals surface area contributed by atoms with E-state index in [2.05, 4.69) is 51.2 Å². The number of fused-ring (bicyclic) bond motifs is 2. The van der Waals surface area contributed by atoms with Crippen LogP contribution in [0.4, 0.5) is 0 Å². The molecule has 0 amide bonds. The molecule has 1 aliphatic carbocycles. The van der Waals surface area contributed by atoms with E-state index in [-0.39, 0.29) is 0 Å². The molecule has 1 atom stereocenters. The molecule has 4 heterocycles. The molecule has 1 N–H and O–H groups in total. The first kappa shape index (κ1) is 26.5. The maximum Gasteiger partial charge on any atom is 0.227 e. The predicted molar refractivity (Wildman–Crippen MR) is 158 cm³/mol. The van der Waals surface area contributed by atoms with Crippen LogP contribution in [0.25, 0.3) is 5.57 Å². The third-order valence-electron chi connectivity index (χ3n) is 8.65. The number of halogens is 1. The summed E-state index contributed by atoms with van der Waals surface area (Å²) in [6.45, 7) is 6.11. The highest BCUT2D eigenvalue weighted by Crippen LogP contribution is 2.38. The predicted octanol–water partition coefficient (Wildman–Crippen LogP) is 6.37. The molecule has 204 valence electrons. The average molecular weight is 544 g/mol. The van der Waals surface area contributed by atoms with E-state index in [0.29, 0.717) is 16.8 Å². The van der Waals surface area contributed by atoms with E-state index in [1.807, 2.05) is 30.3 Å². The molecule has 5 nitrogen and oxygen atoms in total. The van der Waals surface area contributed by atoms with Crippen LogP contribution in [0, 0.1) is 5.92 Å². The van der Waals surface area contributed by atoms with Crippen LogP contribution in [0.5, 0.6) is 5.88 Å². The molecule has 39 heavy (non-hydrogen) atoms. The number of allylic oxidation sites excluding steroid dienone is 5. The lowest BCUT2D eigenvalue weighted by atomic mass is 9.84. The highest BCUT2D eigenvalue weighted by molar-refractivity contribution is 6.30. The zero-order chi connectivity index (χ0) is 26.7. The largest absolute Gasteiger partial charge is 0.438 e. The number of ether oxygens (including phenoxy) is 1. The van der Waals surface area contributed by atoms with E-state index in [4.69, 9.17) is 16.3 Å². The van der Waals surface area contributed by atoms with Gasteiger partial charge in [-0.3, -0.25) is 0 Å². The number of aliphatic hydroxyl groups is 1. The second kappa shape index (κ2) is 11.8. The molecule has 0 saturated carbocycles. The van der Waals surface area contributed by atoms with Crippen molar-refractivity contribution < 1.29 is 9.84 Å². The molecule has 6 rings (SSSR count). The van der Waals surface area contributed by atoms with Crippen molar-refractivity contribution in [3.63, 3.8) is 0 Å². The summed E-state index contributed by atoms with van der Waals surface area (Å²) in [7, 11) is 0. The van der Waals surface area contributed by atoms with Gasteiger partial charge in [0.05, 0.1) is 5.60 Å². The van der Waals surface area contributed by atoms with Crippen LogP contribution in [0.1, 0.15) is 49.7 Å². The quantitative estimate of drug-likeness (QED) is 0.459. The highest BCUT2D eigenvalue weighted by atomic mass is 35.5. The molecular formula is C33H38ClN3O2. The van der Waals surface area contributed by atoms with Gasteiger partial charge in [-0.2, -0.15) is 0 Å². The standard InChI is InChI=1S/C33H38ClN3O2/c34-28-13-11-27(12-14-28)33(38)15-21-36(22-16-33)20-6-8-25-23-30-26(24-37-18-2-1-3-19-37)7-4-10-31(30)39-32-29(25)9-5-17-35-32/h4-5,7-14,17,23,26,38H,1-3,6,15-16,18-22,24H2. The number of piperidine rings is 2. The van der Waals surface area contributed by atoms with Crippen LogP contribution in [0.15, 0.2) is 84.3 Å². The first-order chi connectivity index (χ1) is 19.1. The molecule has 0 spiro atoms. The van der Waals surface area contributed by atoms with Crippen LogP contribution >= 0.6 is 11.6 Å². The van der Waals surface area contributed by atoms with Gasteiger partial charge in [-0.15, -0.1) is 0 Å². The topological polar surface area (TPSA) is 48.8 Å². The smallest absolute Gasteiger partial charge is 0.227 e. The maximum atomic E-state index is 11.2. The zero-order valence-electron chi connectivity index (χ0n) is 22.6. The Labute approximate surface area is 237 Å². The molecular weight excluding hydrogens is 506 g/mol. The Hall–Kier alpha value is -2.70. The molecule has 2 saturated heterocycles. The van der Waals surface area contributed by atoms with E-state index in [1.54, 1.807) is 6.20 Å². The van der Waals surface area contributed by atoms with E-state index < -0.39 is 5.60 Å². The fourth-order valence-corrected chi connectivity index (χ4v) is 6.44. The van der Waals surface area contributed by atoms with Crippen LogP contribution in [-0.4, -0.2) is 59.2 Å². The number of nitrogens with zero attached hydrogens (tertiary/aromatic N) is 3. The Kier molecular flexibility index (Phi) is 8.03. The summed E-state index contributed by atoms with van der Waals surface area (Å²) in [5.41, 5.74) is 3.68. The van der Waals surface area contributed by atoms with Crippen molar-refractivity contribution in [1.82, 2.24) is 14.8 Å². The molecule has 1 aromatic heterocycles. The van der Waals surface area contributed by atoms with Gasteiger partial charge in [-0.1, -0.05) is 48.4 Å². The van der Waals surface area contributed by atoms with Gasteiger partial charge in [0.2, 0.25) is 5.88 Å². The molecule has 2 fully saturated rings. The second-order valence-electron chi connectivity index (χ2n) is 11.3. The number of aromatic nitrogens is 1. The Morgan fingerprint density at radius 2 is 1.82 bits per heavy atom. The molecule has 1 aromatic carbocycles. The van der Waals surface area contributed by atoms with Crippen molar-refractivity contribution >= 4 is 17.2 Å². The Morgan fingerprint density at radius 1 is 1.03 bits per heavy atom. The fourth-order valence-electron chi connectivity index (χ4n) is 6.32. The van der Waals surface area contributed by atoms with Crippen LogP contribution in [-0.2, 0) is 5.60 Å². The van der Waals surface area contributed by atoms with E-state index in [0.717, 1.165) is 62.3 Å². The molecule has 3 aliphatic heterocycles. The Bertz CT molecular complexity index is 1280. The monoisotopic (exact) mass is 543 g/mol. The van der Waals surface area contributed by atoms with Gasteiger partial charge in [-0.25, -0.2) is 4.98 Å². The van der Waals surface area contributed by atoms with Crippen molar-refractivity contribution in [3.8, 4) is 5.88 Å². The average Bonchev–Trinajstić information content (AvgIpc) is 3.12. The van der Waals surface area contributed by atoms with Crippen LogP contribution in [0.3, 0.4) is 0 Å². The first-order valence-corrected chi connectivity index (χ1v) is 14.8. The van der Waals surface area contributed by atoms with E-state index in [9.17, 15) is 5.11 Å². The summed E-state index contributed by atoms with van der Waals surface area (Å²) >= 11 is 6.05. The number of hydrogen-bond donors (Lipinski definition) is 1. The fraction of sp³-hybridized carbons (Fsp3) is 0.424. The summed E-state index contributed by atoms with van der Waals surface area (Å²) in [6, 6.07) is 11.7. The number of benzene rings is 1. The second-order valence-corrected chi connectivity index (χ2v) is 11.7. The third kappa shape index (κ3) is 6.07. The Balaban J connectivity index is 1.16. The van der Waals surface area contributed by atoms with E-state index >= 15 is 0 Å². The van der Waals surface area contributed by atoms with Gasteiger partial charge < -0.3 is 19.6 Å². The summed E-state index contributed by atoms with van der Waals surface area (Å²) in [5, 5.41) is 12.0. The first-order valence-electron chi connectivity index (χ1n) is 14.4. The number of hydrogen-bond acceptors (Lipinski definition) is 5. The van der Waals surface area contributed by atoms with Gasteiger partial charge in [0, 0.05) is 54.5 Å². The van der Waals surface area contributed by atoms with E-state index in [1.165, 1.54) is 43.5 Å². The number of likely N-dealkylation sites (tertiary alicyclic amines) is 2. The molecule has 0 bridgehead atoms. The molecule has 4 aliphatic rings. The Morgan fingerprint density at radius 3 is 2.62 bits per heavy atom. The lowest BCUT2D eigenvalue weighted by Gasteiger charge is -2.38. The molecule has 6 heteroatoms. The van der Waals surface area contributed by atoms with Gasteiger partial charge in [0.25, 0.3) is 0 Å².